The second-order valence-corrected chi connectivity index (χ2v) is 6.68. The van der Waals surface area contributed by atoms with Gasteiger partial charge in [-0.05, 0) is 38.0 Å². The van der Waals surface area contributed by atoms with Crippen molar-refractivity contribution in [1.29, 1.82) is 0 Å². The molecule has 1 saturated heterocycles. The number of nitrogens with one attached hydrogen (secondary N) is 1. The van der Waals surface area contributed by atoms with Crippen LogP contribution in [0.25, 0.3) is 0 Å². The van der Waals surface area contributed by atoms with Gasteiger partial charge < -0.3 is 15.8 Å². The van der Waals surface area contributed by atoms with Gasteiger partial charge in [-0.15, -0.1) is 12.4 Å². The molecule has 128 valence electrons. The molecular weight excluding hydrogens is 335 g/mol. The molecule has 1 aromatic rings. The number of nitrogens with two attached hydrogens (primary N) is 1. The molecule has 1 heterocycles. The van der Waals surface area contributed by atoms with Crippen LogP contribution in [-0.4, -0.2) is 25.6 Å². The molecule has 1 aromatic carbocycles. The number of hydrogen-bond donors (Lipinski definition) is 2. The van der Waals surface area contributed by atoms with Crippen molar-refractivity contribution in [2.24, 2.45) is 17.6 Å². The van der Waals surface area contributed by atoms with Gasteiger partial charge in [-0.3, -0.25) is 4.79 Å². The largest absolute Gasteiger partial charge is 0.370 e. The summed E-state index contributed by atoms with van der Waals surface area (Å²) in [6, 6.07) is 5.30. The van der Waals surface area contributed by atoms with Crippen LogP contribution < -0.4 is 11.1 Å². The van der Waals surface area contributed by atoms with Crippen LogP contribution in [0.5, 0.6) is 0 Å². The Kier molecular flexibility index (Phi) is 5.95. The van der Waals surface area contributed by atoms with Gasteiger partial charge in [0.1, 0.15) is 5.60 Å². The van der Waals surface area contributed by atoms with Gasteiger partial charge in [0.25, 0.3) is 0 Å². The Bertz CT molecular complexity index is 558. The SMILES string of the molecule is CCOC1(c2cc(C(N)=O)ccc2Cl)C2CCCC1CNC2.Cl. The topological polar surface area (TPSA) is 64.3 Å². The van der Waals surface area contributed by atoms with Crippen molar-refractivity contribution in [3.8, 4) is 0 Å². The van der Waals surface area contributed by atoms with Crippen molar-refractivity contribution >= 4 is 29.9 Å². The lowest BCUT2D eigenvalue weighted by atomic mass is 9.62. The molecule has 0 spiro atoms. The quantitative estimate of drug-likeness (QED) is 0.868. The number of benzene rings is 1. The molecule has 0 aromatic heterocycles. The smallest absolute Gasteiger partial charge is 0.248 e. The number of carbonyl (C=O) groups excluding carboxylic acids is 1. The highest BCUT2D eigenvalue weighted by molar-refractivity contribution is 6.31. The van der Waals surface area contributed by atoms with Crippen molar-refractivity contribution in [3.05, 3.63) is 34.3 Å². The number of carbonyl (C=O) groups is 1. The minimum atomic E-state index is -0.427. The van der Waals surface area contributed by atoms with Crippen LogP contribution in [0.15, 0.2) is 18.2 Å². The van der Waals surface area contributed by atoms with E-state index in [0.29, 0.717) is 29.0 Å². The van der Waals surface area contributed by atoms with Crippen LogP contribution >= 0.6 is 24.0 Å². The molecule has 2 unspecified atom stereocenters. The number of rotatable bonds is 4. The van der Waals surface area contributed by atoms with E-state index < -0.39 is 11.5 Å². The summed E-state index contributed by atoms with van der Waals surface area (Å²) in [5.74, 6) is 0.324. The molecule has 2 bridgehead atoms. The van der Waals surface area contributed by atoms with E-state index in [-0.39, 0.29) is 12.4 Å². The molecule has 23 heavy (non-hydrogen) atoms. The zero-order chi connectivity index (χ0) is 15.7. The number of primary amides is 1. The molecule has 2 atom stereocenters. The third-order valence-electron chi connectivity index (χ3n) is 5.15. The van der Waals surface area contributed by atoms with Crippen LogP contribution in [0.4, 0.5) is 0 Å². The first-order valence-corrected chi connectivity index (χ1v) is 8.42. The Morgan fingerprint density at radius 3 is 2.61 bits per heavy atom. The number of amides is 1. The number of hydrogen-bond acceptors (Lipinski definition) is 3. The first kappa shape index (κ1) is 18.5. The third kappa shape index (κ3) is 3.10. The first-order chi connectivity index (χ1) is 10.6. The summed E-state index contributed by atoms with van der Waals surface area (Å²) >= 11 is 6.52. The molecule has 2 fully saturated rings. The molecule has 4 nitrogen and oxygen atoms in total. The third-order valence-corrected chi connectivity index (χ3v) is 5.48. The van der Waals surface area contributed by atoms with Crippen LogP contribution in [0.1, 0.15) is 42.1 Å². The molecule has 3 N–H and O–H groups in total. The van der Waals surface area contributed by atoms with Crippen molar-refractivity contribution < 1.29 is 9.53 Å². The summed E-state index contributed by atoms with van der Waals surface area (Å²) < 4.78 is 6.36. The average molecular weight is 359 g/mol. The van der Waals surface area contributed by atoms with Crippen LogP contribution in [0, 0.1) is 11.8 Å². The van der Waals surface area contributed by atoms with Gasteiger partial charge in [0.05, 0.1) is 0 Å². The minimum Gasteiger partial charge on any atom is -0.370 e. The van der Waals surface area contributed by atoms with Crippen molar-refractivity contribution in [1.82, 2.24) is 5.32 Å². The molecule has 0 radical (unpaired) electrons. The van der Waals surface area contributed by atoms with Crippen LogP contribution in [0.3, 0.4) is 0 Å². The summed E-state index contributed by atoms with van der Waals surface area (Å²) in [4.78, 5) is 11.6. The number of fused-ring (bicyclic) bond motifs is 2. The average Bonchev–Trinajstić information content (AvgIpc) is 2.47. The highest BCUT2D eigenvalue weighted by atomic mass is 35.5. The van der Waals surface area contributed by atoms with Gasteiger partial charge in [0.15, 0.2) is 0 Å². The van der Waals surface area contributed by atoms with E-state index >= 15 is 0 Å². The maximum absolute atomic E-state index is 11.6. The van der Waals surface area contributed by atoms with E-state index in [1.807, 2.05) is 13.0 Å². The first-order valence-electron chi connectivity index (χ1n) is 8.04. The summed E-state index contributed by atoms with van der Waals surface area (Å²) in [6.07, 6.45) is 3.44. The minimum absolute atomic E-state index is 0. The van der Waals surface area contributed by atoms with E-state index in [1.54, 1.807) is 12.1 Å². The zero-order valence-electron chi connectivity index (χ0n) is 13.3. The van der Waals surface area contributed by atoms with Gasteiger partial charge in [-0.2, -0.15) is 0 Å². The number of halogens is 2. The highest BCUT2D eigenvalue weighted by Crippen LogP contribution is 2.51. The van der Waals surface area contributed by atoms with E-state index in [0.717, 1.165) is 31.5 Å². The van der Waals surface area contributed by atoms with Gasteiger partial charge in [0, 0.05) is 47.7 Å². The van der Waals surface area contributed by atoms with Crippen molar-refractivity contribution in [3.63, 3.8) is 0 Å². The molecular formula is C17H24Cl2N2O2. The maximum atomic E-state index is 11.6. The number of piperidine rings is 1. The Balaban J connectivity index is 0.00000192. The highest BCUT2D eigenvalue weighted by Gasteiger charge is 2.52. The molecule has 1 saturated carbocycles. The molecule has 1 aliphatic carbocycles. The molecule has 1 amide bonds. The fourth-order valence-corrected chi connectivity index (χ4v) is 4.55. The zero-order valence-corrected chi connectivity index (χ0v) is 14.9. The van der Waals surface area contributed by atoms with Crippen LogP contribution in [-0.2, 0) is 10.3 Å². The van der Waals surface area contributed by atoms with E-state index in [4.69, 9.17) is 22.1 Å². The predicted molar refractivity (Wildman–Crippen MR) is 94.2 cm³/mol. The molecule has 1 aliphatic heterocycles. The van der Waals surface area contributed by atoms with Gasteiger partial charge in [-0.25, -0.2) is 0 Å². The second kappa shape index (κ2) is 7.39. The summed E-state index contributed by atoms with van der Waals surface area (Å²) in [5.41, 5.74) is 6.49. The second-order valence-electron chi connectivity index (χ2n) is 6.27. The van der Waals surface area contributed by atoms with Gasteiger partial charge >= 0.3 is 0 Å². The Hall–Kier alpha value is -0.810. The Morgan fingerprint density at radius 2 is 2.04 bits per heavy atom. The fraction of sp³-hybridized carbons (Fsp3) is 0.588. The summed E-state index contributed by atoms with van der Waals surface area (Å²) in [5, 5.41) is 4.18. The molecule has 6 heteroatoms. The lowest BCUT2D eigenvalue weighted by Gasteiger charge is -2.53. The van der Waals surface area contributed by atoms with Crippen LogP contribution in [0.2, 0.25) is 5.02 Å². The normalized spacial score (nSPS) is 29.7. The molecule has 3 rings (SSSR count). The van der Waals surface area contributed by atoms with Crippen molar-refractivity contribution in [2.45, 2.75) is 31.8 Å². The lowest BCUT2D eigenvalue weighted by Crippen LogP contribution is -2.58. The Morgan fingerprint density at radius 1 is 1.39 bits per heavy atom. The lowest BCUT2D eigenvalue weighted by molar-refractivity contribution is -0.161. The standard InChI is InChI=1S/C17H23ClN2O2.ClH/c1-2-22-17(12-4-3-5-13(17)10-20-9-12)14-8-11(16(19)21)6-7-15(14)18;/h6-8,12-13,20H,2-5,9-10H2,1H3,(H2,19,21);1H. The van der Waals surface area contributed by atoms with Gasteiger partial charge in [0.2, 0.25) is 5.91 Å². The fourth-order valence-electron chi connectivity index (χ4n) is 4.28. The number of ether oxygens (including phenoxy) is 1. The van der Waals surface area contributed by atoms with Crippen molar-refractivity contribution in [2.75, 3.05) is 19.7 Å². The van der Waals surface area contributed by atoms with E-state index in [1.165, 1.54) is 6.42 Å². The monoisotopic (exact) mass is 358 g/mol. The maximum Gasteiger partial charge on any atom is 0.248 e. The van der Waals surface area contributed by atoms with E-state index in [9.17, 15) is 4.79 Å². The summed E-state index contributed by atoms with van der Waals surface area (Å²) in [7, 11) is 0. The Labute approximate surface area is 148 Å². The summed E-state index contributed by atoms with van der Waals surface area (Å²) in [6.45, 7) is 4.50. The van der Waals surface area contributed by atoms with Gasteiger partial charge in [-0.1, -0.05) is 18.0 Å². The predicted octanol–water partition coefficient (Wildman–Crippen LogP) is 3.11. The molecule has 2 aliphatic rings. The van der Waals surface area contributed by atoms with E-state index in [2.05, 4.69) is 5.32 Å².